The van der Waals surface area contributed by atoms with E-state index in [0.29, 0.717) is 18.7 Å². The molecule has 0 saturated heterocycles. The summed E-state index contributed by atoms with van der Waals surface area (Å²) in [6, 6.07) is 13.8. The molecule has 1 heterocycles. The quantitative estimate of drug-likeness (QED) is 0.448. The first-order valence-corrected chi connectivity index (χ1v) is 10.7. The topological polar surface area (TPSA) is 84.0 Å². The standard InChI is InChI=1S/C24H32N4O3/c1-5-26-23(27-12-11-17-7-6-8-18(13-17)22(29)25-4)28-15-24(2,3)19-9-10-20-21(14-19)31-16-30-20/h6-10,13-14H,5,11-12,15-16H2,1-4H3,(H,25,29)(H2,26,27,28). The molecule has 3 rings (SSSR count). The first-order chi connectivity index (χ1) is 14.9. The maximum Gasteiger partial charge on any atom is 0.251 e. The highest BCUT2D eigenvalue weighted by atomic mass is 16.7. The molecule has 3 N–H and O–H groups in total. The average molecular weight is 425 g/mol. The van der Waals surface area contributed by atoms with Crippen molar-refractivity contribution >= 4 is 11.9 Å². The maximum absolute atomic E-state index is 11.8. The molecule has 0 atom stereocenters. The smallest absolute Gasteiger partial charge is 0.251 e. The van der Waals surface area contributed by atoms with Crippen LogP contribution in [0.1, 0.15) is 42.3 Å². The first kappa shape index (κ1) is 22.5. The number of carbonyl (C=O) groups is 1. The maximum atomic E-state index is 11.8. The minimum atomic E-state index is -0.162. The van der Waals surface area contributed by atoms with Crippen molar-refractivity contribution in [2.45, 2.75) is 32.6 Å². The van der Waals surface area contributed by atoms with Gasteiger partial charge in [-0.1, -0.05) is 32.0 Å². The molecule has 0 aliphatic carbocycles. The lowest BCUT2D eigenvalue weighted by Gasteiger charge is -2.24. The fourth-order valence-electron chi connectivity index (χ4n) is 3.36. The first-order valence-electron chi connectivity index (χ1n) is 10.7. The number of carbonyl (C=O) groups excluding carboxylic acids is 1. The van der Waals surface area contributed by atoms with Crippen LogP contribution in [-0.4, -0.2) is 45.3 Å². The second-order valence-corrected chi connectivity index (χ2v) is 8.10. The van der Waals surface area contributed by atoms with Gasteiger partial charge in [0.2, 0.25) is 6.79 Å². The van der Waals surface area contributed by atoms with Crippen molar-refractivity contribution in [1.82, 2.24) is 16.0 Å². The van der Waals surface area contributed by atoms with Crippen molar-refractivity contribution in [3.63, 3.8) is 0 Å². The number of benzene rings is 2. The number of fused-ring (bicyclic) bond motifs is 1. The number of guanidine groups is 1. The summed E-state index contributed by atoms with van der Waals surface area (Å²) in [4.78, 5) is 16.6. The summed E-state index contributed by atoms with van der Waals surface area (Å²) in [6.07, 6.45) is 0.792. The predicted molar refractivity (Wildman–Crippen MR) is 123 cm³/mol. The third-order valence-corrected chi connectivity index (χ3v) is 5.25. The lowest BCUT2D eigenvalue weighted by Crippen LogP contribution is -2.39. The Balaban J connectivity index is 1.60. The van der Waals surface area contributed by atoms with Gasteiger partial charge in [-0.05, 0) is 48.7 Å². The van der Waals surface area contributed by atoms with Crippen LogP contribution in [0.25, 0.3) is 0 Å². The monoisotopic (exact) mass is 424 g/mol. The van der Waals surface area contributed by atoms with E-state index in [1.54, 1.807) is 7.05 Å². The molecular formula is C24H32N4O3. The third kappa shape index (κ3) is 5.90. The molecule has 1 aliphatic rings. The van der Waals surface area contributed by atoms with Gasteiger partial charge in [0, 0.05) is 31.1 Å². The molecule has 0 radical (unpaired) electrons. The molecule has 31 heavy (non-hydrogen) atoms. The molecule has 0 unspecified atom stereocenters. The van der Waals surface area contributed by atoms with E-state index in [1.807, 2.05) is 43.3 Å². The molecule has 1 amide bonds. The van der Waals surface area contributed by atoms with E-state index >= 15 is 0 Å². The van der Waals surface area contributed by atoms with E-state index in [0.717, 1.165) is 41.6 Å². The van der Waals surface area contributed by atoms with Gasteiger partial charge in [0.1, 0.15) is 0 Å². The predicted octanol–water partition coefficient (Wildman–Crippen LogP) is 2.85. The molecular weight excluding hydrogens is 392 g/mol. The van der Waals surface area contributed by atoms with Crippen LogP contribution in [0.3, 0.4) is 0 Å². The van der Waals surface area contributed by atoms with Gasteiger partial charge in [0.15, 0.2) is 17.5 Å². The van der Waals surface area contributed by atoms with Gasteiger partial charge in [0.05, 0.1) is 6.54 Å². The fourth-order valence-corrected chi connectivity index (χ4v) is 3.36. The summed E-state index contributed by atoms with van der Waals surface area (Å²) in [5.74, 6) is 2.28. The Labute approximate surface area is 184 Å². The summed E-state index contributed by atoms with van der Waals surface area (Å²) in [7, 11) is 1.64. The van der Waals surface area contributed by atoms with Crippen LogP contribution in [0.2, 0.25) is 0 Å². The second kappa shape index (κ2) is 10.2. The van der Waals surface area contributed by atoms with E-state index in [-0.39, 0.29) is 18.1 Å². The van der Waals surface area contributed by atoms with Gasteiger partial charge in [-0.3, -0.25) is 9.79 Å². The van der Waals surface area contributed by atoms with Gasteiger partial charge in [-0.25, -0.2) is 0 Å². The number of rotatable bonds is 8. The average Bonchev–Trinajstić information content (AvgIpc) is 3.25. The normalized spacial score (nSPS) is 13.1. The Kier molecular flexibility index (Phi) is 7.39. The number of hydrogen-bond acceptors (Lipinski definition) is 4. The Morgan fingerprint density at radius 1 is 1.10 bits per heavy atom. The number of nitrogens with zero attached hydrogens (tertiary/aromatic N) is 1. The molecule has 0 bridgehead atoms. The van der Waals surface area contributed by atoms with Crippen LogP contribution in [0, 0.1) is 0 Å². The number of amides is 1. The molecule has 1 aliphatic heterocycles. The molecule has 0 aromatic heterocycles. The van der Waals surface area contributed by atoms with E-state index in [4.69, 9.17) is 14.5 Å². The van der Waals surface area contributed by atoms with Gasteiger partial charge in [-0.2, -0.15) is 0 Å². The van der Waals surface area contributed by atoms with Crippen molar-refractivity contribution < 1.29 is 14.3 Å². The minimum absolute atomic E-state index is 0.0736. The summed E-state index contributed by atoms with van der Waals surface area (Å²) in [6.45, 7) is 8.78. The van der Waals surface area contributed by atoms with Crippen LogP contribution in [-0.2, 0) is 11.8 Å². The highest BCUT2D eigenvalue weighted by Gasteiger charge is 2.24. The van der Waals surface area contributed by atoms with E-state index in [1.165, 1.54) is 0 Å². The highest BCUT2D eigenvalue weighted by Crippen LogP contribution is 2.36. The van der Waals surface area contributed by atoms with Crippen LogP contribution < -0.4 is 25.4 Å². The van der Waals surface area contributed by atoms with Crippen LogP contribution in [0.15, 0.2) is 47.5 Å². The molecule has 0 fully saturated rings. The Morgan fingerprint density at radius 3 is 2.68 bits per heavy atom. The van der Waals surface area contributed by atoms with Crippen LogP contribution in [0.4, 0.5) is 0 Å². The Hall–Kier alpha value is -3.22. The molecule has 166 valence electrons. The van der Waals surface area contributed by atoms with Crippen LogP contribution in [0.5, 0.6) is 11.5 Å². The van der Waals surface area contributed by atoms with Crippen molar-refractivity contribution in [1.29, 1.82) is 0 Å². The molecule has 2 aromatic carbocycles. The molecule has 0 saturated carbocycles. The van der Waals surface area contributed by atoms with E-state index in [2.05, 4.69) is 35.9 Å². The highest BCUT2D eigenvalue weighted by molar-refractivity contribution is 5.94. The zero-order chi connectivity index (χ0) is 22.3. The lowest BCUT2D eigenvalue weighted by atomic mass is 9.84. The van der Waals surface area contributed by atoms with E-state index < -0.39 is 0 Å². The van der Waals surface area contributed by atoms with Crippen LogP contribution >= 0.6 is 0 Å². The summed E-state index contributed by atoms with van der Waals surface area (Å²) in [5.41, 5.74) is 2.77. The van der Waals surface area contributed by atoms with E-state index in [9.17, 15) is 4.79 Å². The molecule has 7 heteroatoms. The second-order valence-electron chi connectivity index (χ2n) is 8.10. The Bertz CT molecular complexity index is 940. The number of ether oxygens (including phenoxy) is 2. The lowest BCUT2D eigenvalue weighted by molar-refractivity contribution is 0.0963. The molecule has 2 aromatic rings. The zero-order valence-electron chi connectivity index (χ0n) is 18.7. The Morgan fingerprint density at radius 2 is 1.90 bits per heavy atom. The van der Waals surface area contributed by atoms with Gasteiger partial charge < -0.3 is 25.4 Å². The third-order valence-electron chi connectivity index (χ3n) is 5.25. The SMILES string of the molecule is CCNC(=NCC(C)(C)c1ccc2c(c1)OCO2)NCCc1cccc(C(=O)NC)c1. The molecule has 0 spiro atoms. The largest absolute Gasteiger partial charge is 0.454 e. The fraction of sp³-hybridized carbons (Fsp3) is 0.417. The van der Waals surface area contributed by atoms with Crippen molar-refractivity contribution in [2.75, 3.05) is 33.5 Å². The number of aliphatic imine (C=N–C) groups is 1. The van der Waals surface area contributed by atoms with Gasteiger partial charge >= 0.3 is 0 Å². The molecule has 7 nitrogen and oxygen atoms in total. The summed E-state index contributed by atoms with van der Waals surface area (Å²) in [5, 5.41) is 9.35. The van der Waals surface area contributed by atoms with Crippen molar-refractivity contribution in [2.24, 2.45) is 4.99 Å². The van der Waals surface area contributed by atoms with Gasteiger partial charge in [-0.15, -0.1) is 0 Å². The zero-order valence-corrected chi connectivity index (χ0v) is 18.7. The van der Waals surface area contributed by atoms with Crippen molar-refractivity contribution in [3.8, 4) is 11.5 Å². The summed E-state index contributed by atoms with van der Waals surface area (Å²) < 4.78 is 10.9. The van der Waals surface area contributed by atoms with Crippen molar-refractivity contribution in [3.05, 3.63) is 59.2 Å². The minimum Gasteiger partial charge on any atom is -0.454 e. The number of nitrogens with one attached hydrogen (secondary N) is 3. The summed E-state index contributed by atoms with van der Waals surface area (Å²) >= 11 is 0. The number of hydrogen-bond donors (Lipinski definition) is 3. The van der Waals surface area contributed by atoms with Gasteiger partial charge in [0.25, 0.3) is 5.91 Å².